The Morgan fingerprint density at radius 1 is 1.14 bits per heavy atom. The fraction of sp³-hybridized carbons (Fsp3) is 0.240. The summed E-state index contributed by atoms with van der Waals surface area (Å²) in [6.07, 6.45) is 0.740. The molecule has 4 aromatic rings. The third-order valence-corrected chi connectivity index (χ3v) is 6.39. The van der Waals surface area contributed by atoms with Crippen molar-refractivity contribution in [3.05, 3.63) is 59.7 Å². The summed E-state index contributed by atoms with van der Waals surface area (Å²) < 4.78 is 37.9. The number of aliphatic hydroxyl groups is 1. The first-order valence-electron chi connectivity index (χ1n) is 10.9. The highest BCUT2D eigenvalue weighted by Crippen LogP contribution is 2.44. The zero-order valence-electron chi connectivity index (χ0n) is 19.0. The van der Waals surface area contributed by atoms with Crippen molar-refractivity contribution < 1.29 is 23.4 Å². The minimum Gasteiger partial charge on any atom is -0.493 e. The molecule has 1 aliphatic carbocycles. The quantitative estimate of drug-likeness (QED) is 0.399. The normalized spacial score (nSPS) is 19.5. The standard InChI is InChI=1S/C25H23F2N5O3/c1-25(34)10-13(11-25)32-23(28)16(24(29)33)20(31-32)14-8-9-15-21(17(14)26)30-19(18(27)22(15)35-2)12-6-4-3-5-7-12/h3-9,13,34H,10-11,28H2,1-2H3,(H2,29,33). The molecule has 180 valence electrons. The zero-order chi connectivity index (χ0) is 25.1. The molecule has 35 heavy (non-hydrogen) atoms. The van der Waals surface area contributed by atoms with Crippen LogP contribution in [0.25, 0.3) is 33.4 Å². The highest BCUT2D eigenvalue weighted by atomic mass is 19.1. The molecule has 1 aliphatic rings. The molecule has 0 radical (unpaired) electrons. The van der Waals surface area contributed by atoms with Crippen molar-refractivity contribution in [1.29, 1.82) is 0 Å². The van der Waals surface area contributed by atoms with Crippen molar-refractivity contribution >= 4 is 22.6 Å². The van der Waals surface area contributed by atoms with Crippen LogP contribution in [0.1, 0.15) is 36.2 Å². The molecular weight excluding hydrogens is 456 g/mol. The Labute approximate surface area is 199 Å². The molecular formula is C25H23F2N5O3. The number of aromatic nitrogens is 3. The summed E-state index contributed by atoms with van der Waals surface area (Å²) in [4.78, 5) is 16.6. The van der Waals surface area contributed by atoms with E-state index in [1.54, 1.807) is 37.3 Å². The maximum absolute atomic E-state index is 16.0. The van der Waals surface area contributed by atoms with Crippen molar-refractivity contribution in [2.45, 2.75) is 31.4 Å². The molecule has 10 heteroatoms. The molecule has 2 aromatic carbocycles. The van der Waals surface area contributed by atoms with Gasteiger partial charge in [-0.25, -0.2) is 18.4 Å². The van der Waals surface area contributed by atoms with E-state index in [0.717, 1.165) is 0 Å². The van der Waals surface area contributed by atoms with E-state index in [4.69, 9.17) is 16.2 Å². The fourth-order valence-corrected chi connectivity index (χ4v) is 4.70. The Kier molecular flexibility index (Phi) is 5.21. The van der Waals surface area contributed by atoms with Gasteiger partial charge in [0, 0.05) is 16.5 Å². The number of benzene rings is 2. The van der Waals surface area contributed by atoms with Crippen molar-refractivity contribution in [2.75, 3.05) is 12.8 Å². The van der Waals surface area contributed by atoms with Crippen molar-refractivity contribution in [1.82, 2.24) is 14.8 Å². The van der Waals surface area contributed by atoms with Gasteiger partial charge in [0.1, 0.15) is 28.3 Å². The third kappa shape index (κ3) is 3.57. The lowest BCUT2D eigenvalue weighted by atomic mass is 9.77. The molecule has 1 fully saturated rings. The Balaban J connectivity index is 1.73. The number of ether oxygens (including phenoxy) is 1. The van der Waals surface area contributed by atoms with E-state index in [-0.39, 0.29) is 51.0 Å². The van der Waals surface area contributed by atoms with Gasteiger partial charge in [-0.15, -0.1) is 0 Å². The summed E-state index contributed by atoms with van der Waals surface area (Å²) >= 11 is 0. The van der Waals surface area contributed by atoms with Crippen LogP contribution in [0.5, 0.6) is 5.75 Å². The lowest BCUT2D eigenvalue weighted by Gasteiger charge is -2.41. The van der Waals surface area contributed by atoms with E-state index in [9.17, 15) is 9.90 Å². The number of anilines is 1. The van der Waals surface area contributed by atoms with Gasteiger partial charge in [0.25, 0.3) is 5.91 Å². The van der Waals surface area contributed by atoms with Gasteiger partial charge in [0.15, 0.2) is 17.4 Å². The Morgan fingerprint density at radius 3 is 2.43 bits per heavy atom. The van der Waals surface area contributed by atoms with Crippen LogP contribution in [0.3, 0.4) is 0 Å². The predicted molar refractivity (Wildman–Crippen MR) is 127 cm³/mol. The van der Waals surface area contributed by atoms with Crippen LogP contribution in [0.4, 0.5) is 14.6 Å². The number of carbonyl (C=O) groups excluding carboxylic acids is 1. The summed E-state index contributed by atoms with van der Waals surface area (Å²) in [5, 5.41) is 14.6. The number of methoxy groups -OCH3 is 1. The van der Waals surface area contributed by atoms with E-state index >= 15 is 8.78 Å². The van der Waals surface area contributed by atoms with Crippen molar-refractivity contribution in [3.8, 4) is 28.3 Å². The van der Waals surface area contributed by atoms with Gasteiger partial charge in [0.2, 0.25) is 0 Å². The molecule has 0 spiro atoms. The molecule has 5 rings (SSSR count). The number of primary amides is 1. The highest BCUT2D eigenvalue weighted by Gasteiger charge is 2.42. The molecule has 2 aromatic heterocycles. The largest absolute Gasteiger partial charge is 0.493 e. The van der Waals surface area contributed by atoms with E-state index in [2.05, 4.69) is 10.1 Å². The average Bonchev–Trinajstić information content (AvgIpc) is 3.14. The Bertz CT molecular complexity index is 1480. The number of carbonyl (C=O) groups is 1. The van der Waals surface area contributed by atoms with Crippen LogP contribution < -0.4 is 16.2 Å². The second-order valence-corrected chi connectivity index (χ2v) is 8.97. The van der Waals surface area contributed by atoms with Crippen LogP contribution in [0.15, 0.2) is 42.5 Å². The molecule has 0 aliphatic heterocycles. The van der Waals surface area contributed by atoms with Crippen molar-refractivity contribution in [3.63, 3.8) is 0 Å². The topological polar surface area (TPSA) is 129 Å². The smallest absolute Gasteiger partial charge is 0.254 e. The third-order valence-electron chi connectivity index (χ3n) is 6.39. The van der Waals surface area contributed by atoms with Crippen LogP contribution >= 0.6 is 0 Å². The van der Waals surface area contributed by atoms with Gasteiger partial charge >= 0.3 is 0 Å². The molecule has 5 N–H and O–H groups in total. The number of halogens is 2. The lowest BCUT2D eigenvalue weighted by molar-refractivity contribution is -0.0535. The first-order chi connectivity index (χ1) is 16.6. The monoisotopic (exact) mass is 479 g/mol. The van der Waals surface area contributed by atoms with Gasteiger partial charge in [-0.3, -0.25) is 4.79 Å². The first kappa shape index (κ1) is 22.7. The maximum atomic E-state index is 16.0. The number of hydrogen-bond donors (Lipinski definition) is 3. The van der Waals surface area contributed by atoms with Crippen LogP contribution in [0, 0.1) is 11.6 Å². The SMILES string of the molecule is COc1c(F)c(-c2ccccc2)nc2c(F)c(-c3nn(C4CC(C)(O)C4)c(N)c3C(N)=O)ccc12. The minimum atomic E-state index is -0.872. The van der Waals surface area contributed by atoms with Gasteiger partial charge in [-0.2, -0.15) is 5.10 Å². The van der Waals surface area contributed by atoms with Gasteiger partial charge in [0.05, 0.1) is 18.8 Å². The molecule has 0 unspecified atom stereocenters. The predicted octanol–water partition coefficient (Wildman–Crippen LogP) is 3.82. The van der Waals surface area contributed by atoms with Gasteiger partial charge in [-0.1, -0.05) is 30.3 Å². The first-order valence-corrected chi connectivity index (χ1v) is 10.9. The summed E-state index contributed by atoms with van der Waals surface area (Å²) in [6.45, 7) is 1.69. The van der Waals surface area contributed by atoms with Crippen LogP contribution in [-0.4, -0.2) is 38.5 Å². The van der Waals surface area contributed by atoms with Gasteiger partial charge in [-0.05, 0) is 31.9 Å². The van der Waals surface area contributed by atoms with E-state index in [1.165, 1.54) is 23.9 Å². The Morgan fingerprint density at radius 2 is 1.83 bits per heavy atom. The number of nitrogens with two attached hydrogens (primary N) is 2. The molecule has 0 bridgehead atoms. The highest BCUT2D eigenvalue weighted by molar-refractivity contribution is 6.04. The molecule has 8 nitrogen and oxygen atoms in total. The summed E-state index contributed by atoms with van der Waals surface area (Å²) in [5.74, 6) is -2.59. The minimum absolute atomic E-state index is 0.0119. The maximum Gasteiger partial charge on any atom is 0.254 e. The molecule has 0 saturated heterocycles. The van der Waals surface area contributed by atoms with Gasteiger partial charge < -0.3 is 21.3 Å². The summed E-state index contributed by atoms with van der Waals surface area (Å²) in [7, 11) is 1.29. The van der Waals surface area contributed by atoms with Crippen LogP contribution in [-0.2, 0) is 0 Å². The number of nitrogen functional groups attached to an aromatic ring is 1. The number of hydrogen-bond acceptors (Lipinski definition) is 6. The number of rotatable bonds is 5. The fourth-order valence-electron chi connectivity index (χ4n) is 4.70. The van der Waals surface area contributed by atoms with E-state index < -0.39 is 23.1 Å². The second-order valence-electron chi connectivity index (χ2n) is 8.97. The molecule has 0 atom stereocenters. The summed E-state index contributed by atoms with van der Waals surface area (Å²) in [5.41, 5.74) is 10.8. The molecule has 2 heterocycles. The number of pyridine rings is 1. The zero-order valence-corrected chi connectivity index (χ0v) is 19.0. The van der Waals surface area contributed by atoms with E-state index in [1.807, 2.05) is 0 Å². The molecule has 1 saturated carbocycles. The number of amides is 1. The summed E-state index contributed by atoms with van der Waals surface area (Å²) in [6, 6.07) is 11.0. The number of nitrogens with zero attached hydrogens (tertiary/aromatic N) is 3. The van der Waals surface area contributed by atoms with E-state index in [0.29, 0.717) is 18.4 Å². The Hall–Kier alpha value is -4.05. The van der Waals surface area contributed by atoms with Crippen LogP contribution in [0.2, 0.25) is 0 Å². The molecule has 1 amide bonds. The second kappa shape index (κ2) is 8.02. The average molecular weight is 479 g/mol. The number of fused-ring (bicyclic) bond motifs is 1. The lowest BCUT2D eigenvalue weighted by Crippen LogP contribution is -2.42. The van der Waals surface area contributed by atoms with Crippen molar-refractivity contribution in [2.24, 2.45) is 5.73 Å².